The van der Waals surface area contributed by atoms with Crippen LogP contribution < -0.4 is 0 Å². The van der Waals surface area contributed by atoms with Crippen LogP contribution in [0.5, 0.6) is 0 Å². The Morgan fingerprint density at radius 1 is 0.867 bits per heavy atom. The first kappa shape index (κ1) is 24.3. The summed E-state index contributed by atoms with van der Waals surface area (Å²) in [6, 6.07) is 0. The molecule has 1 saturated carbocycles. The van der Waals surface area contributed by atoms with Crippen LogP contribution in [-0.4, -0.2) is 34.1 Å². The summed E-state index contributed by atoms with van der Waals surface area (Å²) in [6.07, 6.45) is 23.5. The highest BCUT2D eigenvalue weighted by Crippen LogP contribution is 2.66. The summed E-state index contributed by atoms with van der Waals surface area (Å²) in [4.78, 5) is 0. The summed E-state index contributed by atoms with van der Waals surface area (Å²) in [6.45, 7) is 12.7. The van der Waals surface area contributed by atoms with Crippen molar-refractivity contribution >= 4 is 0 Å². The maximum absolute atomic E-state index is 10.2. The standard InChI is InChI=1S/C27H38O3/c1-21(11-7-8-12-22(2)15-10-18-28)13-9-14-23(3)16-17-27-25(4,5)19-24(29)20-26(27,6)30-27/h7-17,24,28-29H,18-20H2,1-6H3/b8-7+,13-9+,15-10+,17-16+,21-11+,22-12+,23-14+. The molecule has 1 saturated heterocycles. The second-order valence-corrected chi connectivity index (χ2v) is 9.41. The Kier molecular flexibility index (Phi) is 8.04. The molecule has 3 unspecified atom stereocenters. The topological polar surface area (TPSA) is 53.0 Å². The Labute approximate surface area is 182 Å². The lowest BCUT2D eigenvalue weighted by atomic mass is 9.63. The van der Waals surface area contributed by atoms with Gasteiger partial charge in [-0.1, -0.05) is 91.3 Å². The van der Waals surface area contributed by atoms with Crippen molar-refractivity contribution in [3.63, 3.8) is 0 Å². The molecule has 0 aromatic rings. The number of allylic oxidation sites excluding steroid dienone is 12. The number of aliphatic hydroxyl groups is 2. The summed E-state index contributed by atoms with van der Waals surface area (Å²) >= 11 is 0. The molecular weight excluding hydrogens is 372 g/mol. The Bertz CT molecular complexity index is 819. The zero-order valence-electron chi connectivity index (χ0n) is 19.4. The molecule has 2 aliphatic rings. The molecule has 1 aliphatic heterocycles. The van der Waals surface area contributed by atoms with Crippen molar-refractivity contribution < 1.29 is 14.9 Å². The third-order valence-electron chi connectivity index (χ3n) is 6.12. The van der Waals surface area contributed by atoms with E-state index in [2.05, 4.69) is 71.1 Å². The lowest BCUT2D eigenvalue weighted by Gasteiger charge is -2.39. The van der Waals surface area contributed by atoms with Crippen LogP contribution in [0.3, 0.4) is 0 Å². The highest BCUT2D eigenvalue weighted by Gasteiger charge is 2.74. The van der Waals surface area contributed by atoms with Gasteiger partial charge in [-0.15, -0.1) is 0 Å². The van der Waals surface area contributed by atoms with Crippen molar-refractivity contribution in [1.82, 2.24) is 0 Å². The highest BCUT2D eigenvalue weighted by atomic mass is 16.6. The molecule has 1 heterocycles. The Morgan fingerprint density at radius 3 is 2.03 bits per heavy atom. The fourth-order valence-corrected chi connectivity index (χ4v) is 4.50. The highest BCUT2D eigenvalue weighted by molar-refractivity contribution is 5.36. The summed E-state index contributed by atoms with van der Waals surface area (Å²) in [5.74, 6) is 0. The molecule has 3 atom stereocenters. The van der Waals surface area contributed by atoms with Gasteiger partial charge in [-0.05, 0) is 40.2 Å². The second kappa shape index (κ2) is 9.91. The van der Waals surface area contributed by atoms with Gasteiger partial charge in [-0.3, -0.25) is 0 Å². The Balaban J connectivity index is 1.95. The number of hydrogen-bond donors (Lipinski definition) is 2. The predicted octanol–water partition coefficient (Wildman–Crippen LogP) is 5.75. The molecule has 1 aliphatic carbocycles. The largest absolute Gasteiger partial charge is 0.393 e. The van der Waals surface area contributed by atoms with Gasteiger partial charge in [0.25, 0.3) is 0 Å². The second-order valence-electron chi connectivity index (χ2n) is 9.41. The molecule has 2 fully saturated rings. The monoisotopic (exact) mass is 410 g/mol. The molecule has 30 heavy (non-hydrogen) atoms. The average molecular weight is 411 g/mol. The minimum atomic E-state index is -0.283. The molecule has 0 spiro atoms. The predicted molar refractivity (Wildman–Crippen MR) is 126 cm³/mol. The number of rotatable bonds is 8. The number of epoxide rings is 1. The molecule has 2 N–H and O–H groups in total. The SMILES string of the molecule is CC(/C=C/C=C(C)/C=C/C12OC1(C)CC(O)CC2(C)C)=C\C=C\C=C(C)\C=C\CO. The van der Waals surface area contributed by atoms with Crippen LogP contribution in [0.15, 0.2) is 83.6 Å². The number of ether oxygens (including phenoxy) is 1. The fraction of sp³-hybridized carbons (Fsp3) is 0.481. The summed E-state index contributed by atoms with van der Waals surface area (Å²) in [5.41, 5.74) is 2.80. The van der Waals surface area contributed by atoms with Crippen LogP contribution in [0.4, 0.5) is 0 Å². The first-order chi connectivity index (χ1) is 14.1. The number of aliphatic hydroxyl groups excluding tert-OH is 2. The lowest BCUT2D eigenvalue weighted by Crippen LogP contribution is -2.46. The fourth-order valence-electron chi connectivity index (χ4n) is 4.50. The maximum atomic E-state index is 10.2. The Morgan fingerprint density at radius 2 is 1.43 bits per heavy atom. The van der Waals surface area contributed by atoms with Gasteiger partial charge in [0.1, 0.15) is 11.2 Å². The van der Waals surface area contributed by atoms with Crippen LogP contribution >= 0.6 is 0 Å². The van der Waals surface area contributed by atoms with E-state index in [0.717, 1.165) is 23.1 Å². The van der Waals surface area contributed by atoms with Gasteiger partial charge in [0.05, 0.1) is 12.7 Å². The van der Waals surface area contributed by atoms with Crippen molar-refractivity contribution in [3.8, 4) is 0 Å². The Hall–Kier alpha value is -1.94. The molecule has 0 aromatic carbocycles. The van der Waals surface area contributed by atoms with E-state index in [1.54, 1.807) is 6.08 Å². The van der Waals surface area contributed by atoms with Gasteiger partial charge in [0.2, 0.25) is 0 Å². The van der Waals surface area contributed by atoms with Crippen LogP contribution in [-0.2, 0) is 4.74 Å². The van der Waals surface area contributed by atoms with Gasteiger partial charge in [-0.25, -0.2) is 0 Å². The molecule has 0 amide bonds. The minimum absolute atomic E-state index is 0.0645. The van der Waals surface area contributed by atoms with E-state index in [-0.39, 0.29) is 29.3 Å². The van der Waals surface area contributed by atoms with Crippen molar-refractivity contribution in [1.29, 1.82) is 0 Å². The molecular formula is C27H38O3. The van der Waals surface area contributed by atoms with Crippen LogP contribution in [0.2, 0.25) is 0 Å². The number of hydrogen-bond acceptors (Lipinski definition) is 3. The minimum Gasteiger partial charge on any atom is -0.393 e. The molecule has 3 heteroatoms. The smallest absolute Gasteiger partial charge is 0.121 e. The average Bonchev–Trinajstić information content (AvgIpc) is 3.27. The normalized spacial score (nSPS) is 32.7. The molecule has 0 radical (unpaired) electrons. The number of fused-ring (bicyclic) bond motifs is 1. The van der Waals surface area contributed by atoms with Gasteiger partial charge >= 0.3 is 0 Å². The van der Waals surface area contributed by atoms with Crippen molar-refractivity contribution in [2.75, 3.05) is 6.61 Å². The molecule has 0 bridgehead atoms. The van der Waals surface area contributed by atoms with Crippen molar-refractivity contribution in [2.45, 2.75) is 71.7 Å². The quantitative estimate of drug-likeness (QED) is 0.396. The van der Waals surface area contributed by atoms with Crippen molar-refractivity contribution in [3.05, 3.63) is 83.6 Å². The lowest BCUT2D eigenvalue weighted by molar-refractivity contribution is 0.0515. The van der Waals surface area contributed by atoms with E-state index in [1.165, 1.54) is 0 Å². The van der Waals surface area contributed by atoms with E-state index in [9.17, 15) is 5.11 Å². The van der Waals surface area contributed by atoms with Crippen LogP contribution in [0, 0.1) is 5.41 Å². The van der Waals surface area contributed by atoms with Gasteiger partial charge in [-0.2, -0.15) is 0 Å². The third-order valence-corrected chi connectivity index (χ3v) is 6.12. The maximum Gasteiger partial charge on any atom is 0.121 e. The molecule has 3 nitrogen and oxygen atoms in total. The molecule has 0 aromatic heterocycles. The third kappa shape index (κ3) is 5.81. The van der Waals surface area contributed by atoms with Gasteiger partial charge in [0, 0.05) is 11.8 Å². The van der Waals surface area contributed by atoms with E-state index in [1.807, 2.05) is 31.2 Å². The van der Waals surface area contributed by atoms with E-state index in [4.69, 9.17) is 9.84 Å². The molecule has 164 valence electrons. The van der Waals surface area contributed by atoms with Gasteiger partial charge < -0.3 is 14.9 Å². The zero-order chi connectivity index (χ0) is 22.4. The summed E-state index contributed by atoms with van der Waals surface area (Å²) in [5, 5.41) is 18.9. The van der Waals surface area contributed by atoms with E-state index in [0.29, 0.717) is 6.42 Å². The first-order valence-electron chi connectivity index (χ1n) is 10.8. The van der Waals surface area contributed by atoms with Crippen molar-refractivity contribution in [2.24, 2.45) is 5.41 Å². The zero-order valence-corrected chi connectivity index (χ0v) is 19.4. The van der Waals surface area contributed by atoms with E-state index >= 15 is 0 Å². The van der Waals surface area contributed by atoms with Crippen LogP contribution in [0.25, 0.3) is 0 Å². The van der Waals surface area contributed by atoms with E-state index < -0.39 is 0 Å². The van der Waals surface area contributed by atoms with Crippen LogP contribution in [0.1, 0.15) is 54.4 Å². The molecule has 2 rings (SSSR count). The summed E-state index contributed by atoms with van der Waals surface area (Å²) in [7, 11) is 0. The first-order valence-corrected chi connectivity index (χ1v) is 10.8. The van der Waals surface area contributed by atoms with Gasteiger partial charge in [0.15, 0.2) is 0 Å². The summed E-state index contributed by atoms with van der Waals surface area (Å²) < 4.78 is 6.20.